The van der Waals surface area contributed by atoms with Crippen LogP contribution in [-0.2, 0) is 16.7 Å². The standard InChI is InChI=1S/C26H23F2N5O6S/c1-2-38-26-29-14-17-13-21(16-4-9-22-18(12-16)15-32(31-22)10-3-11-40(35,36)37)24(34)33(23(17)30-26)19-5-7-20(8-6-19)39-25(27)28/h4-9,12-15,25H,2-3,10-11H2,1H3,(H,35,36,37). The number of aryl methyl sites for hydroxylation is 1. The van der Waals surface area contributed by atoms with E-state index in [1.54, 1.807) is 42.1 Å². The van der Waals surface area contributed by atoms with Gasteiger partial charge in [-0.1, -0.05) is 6.07 Å². The molecule has 0 saturated heterocycles. The Bertz CT molecular complexity index is 1860. The van der Waals surface area contributed by atoms with Crippen LogP contribution in [0, 0.1) is 0 Å². The molecule has 0 unspecified atom stereocenters. The van der Waals surface area contributed by atoms with Gasteiger partial charge in [0, 0.05) is 35.3 Å². The summed E-state index contributed by atoms with van der Waals surface area (Å²) in [5.74, 6) is -0.441. The van der Waals surface area contributed by atoms with Gasteiger partial charge in [-0.25, -0.2) is 4.98 Å². The minimum absolute atomic E-state index is 0.0593. The number of aromatic nitrogens is 5. The molecule has 0 amide bonds. The van der Waals surface area contributed by atoms with Crippen molar-refractivity contribution in [1.82, 2.24) is 24.3 Å². The van der Waals surface area contributed by atoms with Gasteiger partial charge in [-0.15, -0.1) is 0 Å². The van der Waals surface area contributed by atoms with Crippen molar-refractivity contribution in [3.05, 3.63) is 71.3 Å². The Hall–Kier alpha value is -4.43. The van der Waals surface area contributed by atoms with Crippen LogP contribution in [-0.4, -0.2) is 56.3 Å². The van der Waals surface area contributed by atoms with Gasteiger partial charge < -0.3 is 9.47 Å². The lowest BCUT2D eigenvalue weighted by atomic mass is 10.0. The molecule has 0 aliphatic heterocycles. The van der Waals surface area contributed by atoms with Gasteiger partial charge in [-0.2, -0.15) is 27.3 Å². The van der Waals surface area contributed by atoms with Gasteiger partial charge in [0.15, 0.2) is 5.65 Å². The van der Waals surface area contributed by atoms with E-state index in [0.717, 1.165) is 0 Å². The average molecular weight is 572 g/mol. The summed E-state index contributed by atoms with van der Waals surface area (Å²) in [4.78, 5) is 22.5. The summed E-state index contributed by atoms with van der Waals surface area (Å²) in [5, 5.41) is 5.67. The van der Waals surface area contributed by atoms with Crippen LogP contribution in [0.3, 0.4) is 0 Å². The van der Waals surface area contributed by atoms with Crippen LogP contribution < -0.4 is 15.0 Å². The molecule has 5 aromatic rings. The quantitative estimate of drug-likeness (QED) is 0.246. The van der Waals surface area contributed by atoms with Crippen LogP contribution >= 0.6 is 0 Å². The smallest absolute Gasteiger partial charge is 0.387 e. The number of ether oxygens (including phenoxy) is 2. The second kappa shape index (κ2) is 11.0. The molecule has 1 N–H and O–H groups in total. The van der Waals surface area contributed by atoms with Crippen molar-refractivity contribution in [2.45, 2.75) is 26.5 Å². The molecule has 0 atom stereocenters. The predicted molar refractivity (Wildman–Crippen MR) is 143 cm³/mol. The van der Waals surface area contributed by atoms with Crippen molar-refractivity contribution >= 4 is 32.1 Å². The lowest BCUT2D eigenvalue weighted by Crippen LogP contribution is -2.21. The lowest BCUT2D eigenvalue weighted by molar-refractivity contribution is -0.0498. The second-order valence-electron chi connectivity index (χ2n) is 8.74. The minimum atomic E-state index is -4.07. The van der Waals surface area contributed by atoms with E-state index in [1.807, 2.05) is 0 Å². The zero-order valence-electron chi connectivity index (χ0n) is 21.1. The molecule has 2 aromatic carbocycles. The first-order valence-electron chi connectivity index (χ1n) is 12.1. The van der Waals surface area contributed by atoms with Crippen LogP contribution in [0.2, 0.25) is 0 Å². The normalized spacial score (nSPS) is 11.9. The number of fused-ring (bicyclic) bond motifs is 2. The lowest BCUT2D eigenvalue weighted by Gasteiger charge is -2.14. The zero-order valence-corrected chi connectivity index (χ0v) is 21.9. The Balaban J connectivity index is 1.60. The molecule has 3 heterocycles. The molecule has 40 heavy (non-hydrogen) atoms. The molecule has 0 saturated carbocycles. The fourth-order valence-corrected chi connectivity index (χ4v) is 4.76. The topological polar surface area (TPSA) is 138 Å². The van der Waals surface area contributed by atoms with E-state index in [0.29, 0.717) is 39.7 Å². The van der Waals surface area contributed by atoms with Crippen molar-refractivity contribution in [2.75, 3.05) is 12.4 Å². The van der Waals surface area contributed by atoms with E-state index < -0.39 is 22.3 Å². The van der Waals surface area contributed by atoms with E-state index in [4.69, 9.17) is 9.29 Å². The van der Waals surface area contributed by atoms with Crippen molar-refractivity contribution in [2.24, 2.45) is 0 Å². The molecular weight excluding hydrogens is 548 g/mol. The van der Waals surface area contributed by atoms with Gasteiger partial charge in [-0.05, 0) is 61.4 Å². The fraction of sp³-hybridized carbons (Fsp3) is 0.231. The van der Waals surface area contributed by atoms with Crippen molar-refractivity contribution in [1.29, 1.82) is 0 Å². The van der Waals surface area contributed by atoms with Crippen molar-refractivity contribution < 1.29 is 31.2 Å². The summed E-state index contributed by atoms with van der Waals surface area (Å²) in [6.07, 6.45) is 3.44. The van der Waals surface area contributed by atoms with E-state index in [2.05, 4.69) is 19.8 Å². The molecule has 14 heteroatoms. The Morgan fingerprint density at radius 1 is 1.07 bits per heavy atom. The molecule has 0 aliphatic rings. The predicted octanol–water partition coefficient (Wildman–Crippen LogP) is 4.08. The largest absolute Gasteiger partial charge is 0.464 e. The van der Waals surface area contributed by atoms with Gasteiger partial charge in [0.25, 0.3) is 15.7 Å². The van der Waals surface area contributed by atoms with Gasteiger partial charge in [0.1, 0.15) is 5.75 Å². The van der Waals surface area contributed by atoms with Crippen LogP contribution in [0.25, 0.3) is 38.8 Å². The van der Waals surface area contributed by atoms with Gasteiger partial charge in [-0.3, -0.25) is 18.6 Å². The number of hydrogen-bond acceptors (Lipinski definition) is 8. The van der Waals surface area contributed by atoms with Crippen LogP contribution in [0.4, 0.5) is 8.78 Å². The Morgan fingerprint density at radius 3 is 2.55 bits per heavy atom. The first-order chi connectivity index (χ1) is 19.1. The molecule has 11 nitrogen and oxygen atoms in total. The number of rotatable bonds is 10. The molecule has 0 aliphatic carbocycles. The van der Waals surface area contributed by atoms with Crippen molar-refractivity contribution in [3.8, 4) is 28.6 Å². The van der Waals surface area contributed by atoms with E-state index in [1.165, 1.54) is 35.0 Å². The maximum absolute atomic E-state index is 13.9. The summed E-state index contributed by atoms with van der Waals surface area (Å²) < 4.78 is 69.0. The van der Waals surface area contributed by atoms with E-state index >= 15 is 0 Å². The molecule has 208 valence electrons. The molecule has 0 radical (unpaired) electrons. The third-order valence-electron chi connectivity index (χ3n) is 5.96. The third kappa shape index (κ3) is 5.92. The maximum Gasteiger partial charge on any atom is 0.387 e. The average Bonchev–Trinajstić information content (AvgIpc) is 3.30. The van der Waals surface area contributed by atoms with Crippen LogP contribution in [0.15, 0.2) is 65.7 Å². The highest BCUT2D eigenvalue weighted by molar-refractivity contribution is 7.85. The first kappa shape index (κ1) is 27.1. The third-order valence-corrected chi connectivity index (χ3v) is 6.77. The summed E-state index contributed by atoms with van der Waals surface area (Å²) in [7, 11) is -4.07. The summed E-state index contributed by atoms with van der Waals surface area (Å²) in [5.41, 5.74) is 1.76. The summed E-state index contributed by atoms with van der Waals surface area (Å²) in [6.45, 7) is -0.617. The van der Waals surface area contributed by atoms with Gasteiger partial charge >= 0.3 is 12.6 Å². The maximum atomic E-state index is 13.9. The van der Waals surface area contributed by atoms with E-state index in [-0.39, 0.29) is 36.1 Å². The number of nitrogens with zero attached hydrogens (tertiary/aromatic N) is 5. The first-order valence-corrected chi connectivity index (χ1v) is 13.8. The minimum Gasteiger partial charge on any atom is -0.464 e. The fourth-order valence-electron chi connectivity index (χ4n) is 4.27. The Kier molecular flexibility index (Phi) is 7.45. The molecule has 0 spiro atoms. The molecule has 0 fully saturated rings. The zero-order chi connectivity index (χ0) is 28.4. The Morgan fingerprint density at radius 2 is 1.85 bits per heavy atom. The second-order valence-corrected chi connectivity index (χ2v) is 10.3. The number of pyridine rings is 1. The van der Waals surface area contributed by atoms with Gasteiger partial charge in [0.05, 0.1) is 23.6 Å². The highest BCUT2D eigenvalue weighted by Crippen LogP contribution is 2.27. The molecule has 0 bridgehead atoms. The van der Waals surface area contributed by atoms with Gasteiger partial charge in [0.2, 0.25) is 0 Å². The van der Waals surface area contributed by atoms with Crippen LogP contribution in [0.1, 0.15) is 13.3 Å². The number of halogens is 2. The summed E-state index contributed by atoms with van der Waals surface area (Å²) >= 11 is 0. The molecule has 3 aromatic heterocycles. The number of alkyl halides is 2. The SMILES string of the molecule is CCOc1ncc2cc(-c3ccc4nn(CCCS(=O)(=O)O)cc4c3)c(=O)n(-c3ccc(OC(F)F)cc3)c2n1. The van der Waals surface area contributed by atoms with E-state index in [9.17, 15) is 22.0 Å². The molecule has 5 rings (SSSR count). The van der Waals surface area contributed by atoms with Crippen LogP contribution in [0.5, 0.6) is 11.8 Å². The summed E-state index contributed by atoms with van der Waals surface area (Å²) in [6, 6.07) is 12.6. The van der Waals surface area contributed by atoms with Crippen molar-refractivity contribution in [3.63, 3.8) is 0 Å². The molecular formula is C26H23F2N5O6S. The number of hydrogen-bond donors (Lipinski definition) is 1. The highest BCUT2D eigenvalue weighted by Gasteiger charge is 2.17. The Labute approximate surface area is 226 Å². The monoisotopic (exact) mass is 571 g/mol. The number of benzene rings is 2. The highest BCUT2D eigenvalue weighted by atomic mass is 32.2.